The summed E-state index contributed by atoms with van der Waals surface area (Å²) >= 11 is 0. The van der Waals surface area contributed by atoms with Crippen molar-refractivity contribution in [1.82, 2.24) is 0 Å². The third-order valence-corrected chi connectivity index (χ3v) is 7.70. The van der Waals surface area contributed by atoms with Crippen molar-refractivity contribution in [2.75, 3.05) is 0 Å². The zero-order valence-electron chi connectivity index (χ0n) is 18.4. The first-order valence-electron chi connectivity index (χ1n) is 11.3. The third-order valence-electron chi connectivity index (χ3n) is 7.70. The molecule has 0 radical (unpaired) electrons. The summed E-state index contributed by atoms with van der Waals surface area (Å²) in [5.74, 6) is 0.734. The maximum absolute atomic E-state index is 12.6. The van der Waals surface area contributed by atoms with E-state index in [0.717, 1.165) is 32.1 Å². The molecule has 4 nitrogen and oxygen atoms in total. The third kappa shape index (κ3) is 5.03. The minimum Gasteiger partial charge on any atom is -0.458 e. The van der Waals surface area contributed by atoms with Crippen LogP contribution in [-0.4, -0.2) is 34.0 Å². The highest BCUT2D eigenvalue weighted by molar-refractivity contribution is 5.89. The van der Waals surface area contributed by atoms with Gasteiger partial charge in [0.15, 0.2) is 0 Å². The summed E-state index contributed by atoms with van der Waals surface area (Å²) in [6, 6.07) is 9.25. The average Bonchev–Trinajstić information content (AvgIpc) is 3.03. The molecule has 2 saturated carbocycles. The Kier molecular flexibility index (Phi) is 6.74. The Balaban J connectivity index is 1.67. The molecule has 0 amide bonds. The second kappa shape index (κ2) is 8.77. The zero-order chi connectivity index (χ0) is 21.2. The van der Waals surface area contributed by atoms with Crippen LogP contribution in [0.25, 0.3) is 0 Å². The Morgan fingerprint density at radius 2 is 1.93 bits per heavy atom. The van der Waals surface area contributed by atoms with E-state index in [-0.39, 0.29) is 23.4 Å². The van der Waals surface area contributed by atoms with Crippen LogP contribution in [0, 0.1) is 23.2 Å². The van der Waals surface area contributed by atoms with Gasteiger partial charge < -0.3 is 14.9 Å². The van der Waals surface area contributed by atoms with Gasteiger partial charge in [-0.05, 0) is 88.2 Å². The summed E-state index contributed by atoms with van der Waals surface area (Å²) in [7, 11) is 0. The monoisotopic (exact) mass is 402 g/mol. The number of carbonyl (C=O) groups excluding carboxylic acids is 1. The van der Waals surface area contributed by atoms with Crippen LogP contribution in [0.4, 0.5) is 0 Å². The summed E-state index contributed by atoms with van der Waals surface area (Å²) < 4.78 is 6.00. The molecule has 0 saturated heterocycles. The van der Waals surface area contributed by atoms with Crippen molar-refractivity contribution in [2.45, 2.75) is 90.4 Å². The minimum absolute atomic E-state index is 0.0350. The normalized spacial score (nSPS) is 31.7. The second-order valence-electron chi connectivity index (χ2n) is 10.3. The number of hydrogen-bond acceptors (Lipinski definition) is 4. The number of ether oxygens (including phenoxy) is 1. The van der Waals surface area contributed by atoms with Crippen LogP contribution in [-0.2, 0) is 4.74 Å². The molecule has 0 unspecified atom stereocenters. The summed E-state index contributed by atoms with van der Waals surface area (Å²) in [6.45, 7) is 8.10. The molecule has 0 heterocycles. The van der Waals surface area contributed by atoms with Crippen molar-refractivity contribution in [3.8, 4) is 0 Å². The van der Waals surface area contributed by atoms with Gasteiger partial charge in [0.25, 0.3) is 0 Å². The van der Waals surface area contributed by atoms with Crippen LogP contribution in [0.5, 0.6) is 0 Å². The summed E-state index contributed by atoms with van der Waals surface area (Å²) in [6.07, 6.45) is 6.02. The Labute approximate surface area is 175 Å². The van der Waals surface area contributed by atoms with Crippen LogP contribution in [0.2, 0.25) is 0 Å². The fourth-order valence-electron chi connectivity index (χ4n) is 5.98. The van der Waals surface area contributed by atoms with Gasteiger partial charge in [0, 0.05) is 5.92 Å². The molecular formula is C25H38O4. The molecule has 3 rings (SSSR count). The van der Waals surface area contributed by atoms with E-state index in [2.05, 4.69) is 13.8 Å². The lowest BCUT2D eigenvalue weighted by atomic mass is 9.61. The molecule has 6 atom stereocenters. The smallest absolute Gasteiger partial charge is 0.338 e. The van der Waals surface area contributed by atoms with E-state index < -0.39 is 11.7 Å². The second-order valence-corrected chi connectivity index (χ2v) is 10.3. The van der Waals surface area contributed by atoms with Crippen molar-refractivity contribution < 1.29 is 19.7 Å². The molecular weight excluding hydrogens is 364 g/mol. The summed E-state index contributed by atoms with van der Waals surface area (Å²) in [4.78, 5) is 12.6. The van der Waals surface area contributed by atoms with Crippen LogP contribution < -0.4 is 0 Å². The molecule has 2 N–H and O–H groups in total. The Morgan fingerprint density at radius 1 is 1.24 bits per heavy atom. The van der Waals surface area contributed by atoms with Crippen molar-refractivity contribution in [2.24, 2.45) is 23.2 Å². The van der Waals surface area contributed by atoms with E-state index in [4.69, 9.17) is 4.74 Å². The Hall–Kier alpha value is -1.39. The number of aliphatic hydroxyl groups excluding tert-OH is 1. The van der Waals surface area contributed by atoms with Gasteiger partial charge in [-0.3, -0.25) is 0 Å². The summed E-state index contributed by atoms with van der Waals surface area (Å²) in [5, 5.41) is 20.8. The van der Waals surface area contributed by atoms with Crippen molar-refractivity contribution in [3.63, 3.8) is 0 Å². The fourth-order valence-corrected chi connectivity index (χ4v) is 5.98. The van der Waals surface area contributed by atoms with Gasteiger partial charge in [-0.2, -0.15) is 0 Å². The molecule has 1 aromatic rings. The largest absolute Gasteiger partial charge is 0.458 e. The lowest BCUT2D eigenvalue weighted by molar-refractivity contribution is -0.0599. The zero-order valence-corrected chi connectivity index (χ0v) is 18.4. The van der Waals surface area contributed by atoms with E-state index in [1.54, 1.807) is 13.8 Å². The van der Waals surface area contributed by atoms with Gasteiger partial charge in [-0.15, -0.1) is 0 Å². The van der Waals surface area contributed by atoms with Crippen molar-refractivity contribution >= 4 is 5.97 Å². The van der Waals surface area contributed by atoms with E-state index in [1.165, 1.54) is 0 Å². The van der Waals surface area contributed by atoms with E-state index in [0.29, 0.717) is 30.2 Å². The van der Waals surface area contributed by atoms with E-state index >= 15 is 0 Å². The number of esters is 1. The Bertz CT molecular complexity index is 680. The van der Waals surface area contributed by atoms with Crippen LogP contribution in [0.3, 0.4) is 0 Å². The van der Waals surface area contributed by atoms with Crippen LogP contribution >= 0.6 is 0 Å². The summed E-state index contributed by atoms with van der Waals surface area (Å²) in [5.41, 5.74) is -0.0379. The first-order valence-corrected chi connectivity index (χ1v) is 11.3. The quantitative estimate of drug-likeness (QED) is 0.632. The lowest BCUT2D eigenvalue weighted by Gasteiger charge is -2.46. The van der Waals surface area contributed by atoms with Gasteiger partial charge in [-0.1, -0.05) is 32.0 Å². The van der Waals surface area contributed by atoms with Crippen LogP contribution in [0.15, 0.2) is 30.3 Å². The van der Waals surface area contributed by atoms with Gasteiger partial charge in [-0.25, -0.2) is 4.79 Å². The first kappa shape index (κ1) is 22.3. The maximum Gasteiger partial charge on any atom is 0.338 e. The molecule has 29 heavy (non-hydrogen) atoms. The minimum atomic E-state index is -0.746. The maximum atomic E-state index is 12.6. The molecule has 1 aromatic carbocycles. The molecule has 2 fully saturated rings. The predicted molar refractivity (Wildman–Crippen MR) is 115 cm³/mol. The molecule has 162 valence electrons. The number of carbonyl (C=O) groups is 1. The predicted octanol–water partition coefficient (Wildman–Crippen LogP) is 4.98. The molecule has 2 aliphatic rings. The van der Waals surface area contributed by atoms with Gasteiger partial charge in [0.2, 0.25) is 0 Å². The van der Waals surface area contributed by atoms with Crippen molar-refractivity contribution in [3.05, 3.63) is 35.9 Å². The number of rotatable bonds is 7. The van der Waals surface area contributed by atoms with E-state index in [1.807, 2.05) is 30.3 Å². The molecule has 0 aromatic heterocycles. The number of fused-ring (bicyclic) bond motifs is 1. The number of hydrogen-bond donors (Lipinski definition) is 2. The molecule has 4 heteroatoms. The highest BCUT2D eigenvalue weighted by Gasteiger charge is 2.54. The fraction of sp³-hybridized carbons (Fsp3) is 0.720. The van der Waals surface area contributed by atoms with Crippen LogP contribution in [0.1, 0.15) is 83.0 Å². The highest BCUT2D eigenvalue weighted by atomic mass is 16.5. The van der Waals surface area contributed by atoms with Gasteiger partial charge in [0.1, 0.15) is 6.10 Å². The topological polar surface area (TPSA) is 66.8 Å². The molecule has 0 bridgehead atoms. The first-order chi connectivity index (χ1) is 13.6. The Morgan fingerprint density at radius 3 is 2.59 bits per heavy atom. The molecule has 0 aliphatic heterocycles. The lowest BCUT2D eigenvalue weighted by Crippen LogP contribution is -2.45. The van der Waals surface area contributed by atoms with Gasteiger partial charge >= 0.3 is 5.97 Å². The van der Waals surface area contributed by atoms with E-state index in [9.17, 15) is 15.0 Å². The van der Waals surface area contributed by atoms with Gasteiger partial charge in [0.05, 0.1) is 17.3 Å². The molecule has 0 spiro atoms. The molecule has 2 aliphatic carbocycles. The highest BCUT2D eigenvalue weighted by Crippen LogP contribution is 2.59. The van der Waals surface area contributed by atoms with Crippen molar-refractivity contribution in [1.29, 1.82) is 0 Å². The number of aliphatic hydroxyl groups is 2. The SMILES string of the molecule is C[C@@H]([C@H]1CC[C@H]2[C@@H](OC(=O)c3ccccc3)CCC[C@]12C)[C@@H](O)CCC(C)(C)O. The number of benzene rings is 1. The standard InChI is InChI=1S/C25H38O4/c1-17(21(26)14-16-24(2,3)28)19-12-13-20-22(11-8-15-25(19,20)4)29-23(27)18-9-6-5-7-10-18/h5-7,9-10,17,19-22,26,28H,8,11-16H2,1-4H3/t17-,19+,20-,21-,22-,25+/m0/s1. The average molecular weight is 403 g/mol.